The van der Waals surface area contributed by atoms with Crippen LogP contribution in [0, 0.1) is 0 Å². The molecule has 0 N–H and O–H groups in total. The summed E-state index contributed by atoms with van der Waals surface area (Å²) >= 11 is 6.48. The second kappa shape index (κ2) is 6.32. The second-order valence-corrected chi connectivity index (χ2v) is 5.58. The van der Waals surface area contributed by atoms with E-state index in [-0.39, 0.29) is 5.50 Å². The van der Waals surface area contributed by atoms with Gasteiger partial charge in [0.05, 0.1) is 14.2 Å². The number of anilines is 1. The van der Waals surface area contributed by atoms with Crippen molar-refractivity contribution in [3.05, 3.63) is 59.7 Å². The highest BCUT2D eigenvalue weighted by Crippen LogP contribution is 2.34. The molecule has 0 fully saturated rings. The van der Waals surface area contributed by atoms with Crippen LogP contribution in [0.4, 0.5) is 5.69 Å². The van der Waals surface area contributed by atoms with Gasteiger partial charge in [-0.05, 0) is 42.0 Å². The van der Waals surface area contributed by atoms with Crippen molar-refractivity contribution in [3.63, 3.8) is 0 Å². The molecule has 0 saturated heterocycles. The van der Waals surface area contributed by atoms with Crippen molar-refractivity contribution in [2.45, 2.75) is 12.0 Å². The predicted molar refractivity (Wildman–Crippen MR) is 90.8 cm³/mol. The standard InChI is InChI=1S/C18H18ClNO2/c1-21-15-6-3-13(4-7-15)12-20-17-9-8-16(22-2)11-14(17)5-10-18(20)19/h3-11,18H,12H2,1-2H3. The van der Waals surface area contributed by atoms with Crippen molar-refractivity contribution in [2.24, 2.45) is 0 Å². The van der Waals surface area contributed by atoms with Gasteiger partial charge < -0.3 is 14.4 Å². The lowest BCUT2D eigenvalue weighted by Gasteiger charge is -2.32. The Morgan fingerprint density at radius 2 is 1.68 bits per heavy atom. The van der Waals surface area contributed by atoms with Gasteiger partial charge in [0.25, 0.3) is 0 Å². The summed E-state index contributed by atoms with van der Waals surface area (Å²) in [6.45, 7) is 0.738. The van der Waals surface area contributed by atoms with Crippen LogP contribution < -0.4 is 14.4 Å². The molecule has 22 heavy (non-hydrogen) atoms. The number of ether oxygens (including phenoxy) is 2. The number of hydrogen-bond acceptors (Lipinski definition) is 3. The lowest BCUT2D eigenvalue weighted by molar-refractivity contribution is 0.414. The van der Waals surface area contributed by atoms with Gasteiger partial charge in [0, 0.05) is 17.8 Å². The van der Waals surface area contributed by atoms with E-state index in [4.69, 9.17) is 21.1 Å². The molecule has 0 bridgehead atoms. The quantitative estimate of drug-likeness (QED) is 0.620. The third-order valence-electron chi connectivity index (χ3n) is 3.79. The lowest BCUT2D eigenvalue weighted by Crippen LogP contribution is -2.31. The van der Waals surface area contributed by atoms with Gasteiger partial charge in [0.2, 0.25) is 0 Å². The van der Waals surface area contributed by atoms with Gasteiger partial charge in [-0.3, -0.25) is 0 Å². The first-order valence-corrected chi connectivity index (χ1v) is 7.55. The summed E-state index contributed by atoms with van der Waals surface area (Å²) in [6, 6.07) is 14.1. The van der Waals surface area contributed by atoms with Crippen LogP contribution in [0.25, 0.3) is 6.08 Å². The minimum absolute atomic E-state index is 0.164. The maximum atomic E-state index is 6.48. The molecule has 3 nitrogen and oxygen atoms in total. The van der Waals surface area contributed by atoms with E-state index in [1.807, 2.05) is 36.4 Å². The van der Waals surface area contributed by atoms with Gasteiger partial charge in [-0.1, -0.05) is 29.8 Å². The molecule has 0 spiro atoms. The fourth-order valence-electron chi connectivity index (χ4n) is 2.57. The van der Waals surface area contributed by atoms with E-state index in [1.165, 1.54) is 5.56 Å². The van der Waals surface area contributed by atoms with Crippen molar-refractivity contribution in [2.75, 3.05) is 19.1 Å². The van der Waals surface area contributed by atoms with Crippen LogP contribution in [0.1, 0.15) is 11.1 Å². The number of halogens is 1. The maximum Gasteiger partial charge on any atom is 0.123 e. The van der Waals surface area contributed by atoms with E-state index in [0.717, 1.165) is 29.3 Å². The predicted octanol–water partition coefficient (Wildman–Crippen LogP) is 4.30. The smallest absolute Gasteiger partial charge is 0.123 e. The summed E-state index contributed by atoms with van der Waals surface area (Å²) in [5.74, 6) is 1.70. The van der Waals surface area contributed by atoms with E-state index in [2.05, 4.69) is 23.1 Å². The van der Waals surface area contributed by atoms with Gasteiger partial charge >= 0.3 is 0 Å². The largest absolute Gasteiger partial charge is 0.497 e. The van der Waals surface area contributed by atoms with Gasteiger partial charge in [-0.2, -0.15) is 0 Å². The van der Waals surface area contributed by atoms with E-state index in [1.54, 1.807) is 14.2 Å². The zero-order valence-electron chi connectivity index (χ0n) is 12.6. The Labute approximate surface area is 135 Å². The normalized spacial score (nSPS) is 16.3. The first-order chi connectivity index (χ1) is 10.7. The SMILES string of the molecule is COc1ccc(CN2c3ccc(OC)cc3C=CC2Cl)cc1. The topological polar surface area (TPSA) is 21.7 Å². The molecule has 1 atom stereocenters. The summed E-state index contributed by atoms with van der Waals surface area (Å²) in [5.41, 5.74) is 3.25. The first-order valence-electron chi connectivity index (χ1n) is 7.11. The van der Waals surface area contributed by atoms with Crippen LogP contribution in [0.15, 0.2) is 48.5 Å². The average molecular weight is 316 g/mol. The Morgan fingerprint density at radius 1 is 1.00 bits per heavy atom. The number of rotatable bonds is 4. The number of nitrogens with zero attached hydrogens (tertiary/aromatic N) is 1. The summed E-state index contributed by atoms with van der Waals surface area (Å²) in [7, 11) is 3.34. The average Bonchev–Trinajstić information content (AvgIpc) is 2.57. The van der Waals surface area contributed by atoms with Gasteiger partial charge in [0.15, 0.2) is 0 Å². The molecule has 2 aromatic carbocycles. The summed E-state index contributed by atoms with van der Waals surface area (Å²) in [6.07, 6.45) is 4.03. The zero-order chi connectivity index (χ0) is 15.5. The van der Waals surface area contributed by atoms with Crippen LogP contribution in [0.2, 0.25) is 0 Å². The van der Waals surface area contributed by atoms with Crippen LogP contribution in [0.3, 0.4) is 0 Å². The Bertz CT molecular complexity index is 682. The van der Waals surface area contributed by atoms with Crippen molar-refractivity contribution >= 4 is 23.4 Å². The number of methoxy groups -OCH3 is 2. The maximum absolute atomic E-state index is 6.48. The van der Waals surface area contributed by atoms with Gasteiger partial charge in [-0.25, -0.2) is 0 Å². The molecule has 3 rings (SSSR count). The highest BCUT2D eigenvalue weighted by atomic mass is 35.5. The molecule has 1 aliphatic rings. The van der Waals surface area contributed by atoms with Crippen molar-refractivity contribution in [1.82, 2.24) is 0 Å². The summed E-state index contributed by atoms with van der Waals surface area (Å²) in [5, 5.41) is 0. The van der Waals surface area contributed by atoms with Gasteiger partial charge in [-0.15, -0.1) is 0 Å². The Balaban J connectivity index is 1.88. The fourth-order valence-corrected chi connectivity index (χ4v) is 2.82. The molecule has 2 aromatic rings. The molecule has 1 aliphatic heterocycles. The third-order valence-corrected chi connectivity index (χ3v) is 4.17. The Kier molecular flexibility index (Phi) is 4.25. The van der Waals surface area contributed by atoms with Crippen molar-refractivity contribution in [1.29, 1.82) is 0 Å². The van der Waals surface area contributed by atoms with Gasteiger partial charge in [0.1, 0.15) is 17.0 Å². The molecular weight excluding hydrogens is 298 g/mol. The molecular formula is C18H18ClNO2. The van der Waals surface area contributed by atoms with Crippen LogP contribution in [-0.4, -0.2) is 19.7 Å². The first kappa shape index (κ1) is 14.8. The minimum Gasteiger partial charge on any atom is -0.497 e. The number of alkyl halides is 1. The summed E-state index contributed by atoms with van der Waals surface area (Å²) in [4.78, 5) is 2.16. The molecule has 1 unspecified atom stereocenters. The third kappa shape index (κ3) is 2.90. The fraction of sp³-hybridized carbons (Fsp3) is 0.222. The zero-order valence-corrected chi connectivity index (χ0v) is 13.4. The lowest BCUT2D eigenvalue weighted by atomic mass is 10.1. The second-order valence-electron chi connectivity index (χ2n) is 5.13. The molecule has 0 amide bonds. The molecule has 0 aromatic heterocycles. The highest BCUT2D eigenvalue weighted by Gasteiger charge is 2.21. The summed E-state index contributed by atoms with van der Waals surface area (Å²) < 4.78 is 10.5. The Morgan fingerprint density at radius 3 is 2.36 bits per heavy atom. The van der Waals surface area contributed by atoms with E-state index in [0.29, 0.717) is 0 Å². The molecule has 0 saturated carbocycles. The van der Waals surface area contributed by atoms with E-state index < -0.39 is 0 Å². The monoisotopic (exact) mass is 315 g/mol. The molecule has 1 heterocycles. The Hall–Kier alpha value is -2.13. The molecule has 114 valence electrons. The molecule has 4 heteroatoms. The van der Waals surface area contributed by atoms with Crippen LogP contribution >= 0.6 is 11.6 Å². The molecule has 0 aliphatic carbocycles. The van der Waals surface area contributed by atoms with Crippen LogP contribution in [0.5, 0.6) is 11.5 Å². The van der Waals surface area contributed by atoms with E-state index >= 15 is 0 Å². The van der Waals surface area contributed by atoms with E-state index in [9.17, 15) is 0 Å². The minimum atomic E-state index is -0.164. The number of benzene rings is 2. The number of fused-ring (bicyclic) bond motifs is 1. The van der Waals surface area contributed by atoms with Crippen molar-refractivity contribution < 1.29 is 9.47 Å². The highest BCUT2D eigenvalue weighted by molar-refractivity contribution is 6.23. The van der Waals surface area contributed by atoms with Crippen LogP contribution in [-0.2, 0) is 6.54 Å². The van der Waals surface area contributed by atoms with Crippen molar-refractivity contribution in [3.8, 4) is 11.5 Å². The number of hydrogen-bond donors (Lipinski definition) is 0. The molecule has 0 radical (unpaired) electrons.